The summed E-state index contributed by atoms with van der Waals surface area (Å²) in [5.41, 5.74) is 3.29. The van der Waals surface area contributed by atoms with Crippen molar-refractivity contribution < 1.29 is 0 Å². The summed E-state index contributed by atoms with van der Waals surface area (Å²) in [5, 5.41) is 0. The minimum atomic E-state index is 0.727. The van der Waals surface area contributed by atoms with Crippen LogP contribution in [0.5, 0.6) is 0 Å². The number of rotatable bonds is 0. The first-order valence-electron chi connectivity index (χ1n) is 4.99. The highest BCUT2D eigenvalue weighted by atomic mass is 14.7. The Kier molecular flexibility index (Phi) is 2.93. The van der Waals surface area contributed by atoms with Gasteiger partial charge in [-0.1, -0.05) is 55.1 Å². The molecule has 2 rings (SSSR count). The van der Waals surface area contributed by atoms with Gasteiger partial charge in [0.25, 0.3) is 0 Å². The summed E-state index contributed by atoms with van der Waals surface area (Å²) in [6.45, 7) is 4.77. The molecular weight excluding hydrogens is 182 g/mol. The van der Waals surface area contributed by atoms with Crippen LogP contribution in [0.1, 0.15) is 11.1 Å². The maximum atomic E-state index is 4.32. The lowest BCUT2D eigenvalue weighted by atomic mass is 10.0. The molecule has 0 saturated heterocycles. The normalized spacial score (nSPS) is 19.3. The Morgan fingerprint density at radius 3 is 2.93 bits per heavy atom. The second-order valence-corrected chi connectivity index (χ2v) is 3.39. The number of nitrogens with zero attached hydrogens (tertiary/aromatic N) is 1. The molecule has 0 amide bonds. The quantitative estimate of drug-likeness (QED) is 0.602. The van der Waals surface area contributed by atoms with Gasteiger partial charge in [0.2, 0.25) is 0 Å². The third-order valence-electron chi connectivity index (χ3n) is 2.29. The van der Waals surface area contributed by atoms with Crippen molar-refractivity contribution in [2.45, 2.75) is 0 Å². The summed E-state index contributed by atoms with van der Waals surface area (Å²) in [6.07, 6.45) is 9.95. The second kappa shape index (κ2) is 4.56. The second-order valence-electron chi connectivity index (χ2n) is 3.39. The summed E-state index contributed by atoms with van der Waals surface area (Å²) in [6, 6.07) is 8.17. The maximum Gasteiger partial charge on any atom is 0.0573 e. The Bertz CT molecular complexity index is 450. The van der Waals surface area contributed by atoms with E-state index in [2.05, 4.69) is 23.7 Å². The van der Waals surface area contributed by atoms with Crippen molar-refractivity contribution in [2.75, 3.05) is 6.54 Å². The van der Waals surface area contributed by atoms with Crippen molar-refractivity contribution in [3.63, 3.8) is 0 Å². The predicted molar refractivity (Wildman–Crippen MR) is 66.2 cm³/mol. The van der Waals surface area contributed by atoms with Crippen LogP contribution in [-0.2, 0) is 0 Å². The van der Waals surface area contributed by atoms with Crippen molar-refractivity contribution in [1.29, 1.82) is 0 Å². The average molecular weight is 195 g/mol. The molecule has 1 nitrogen and oxygen atoms in total. The molecule has 0 N–H and O–H groups in total. The van der Waals surface area contributed by atoms with Gasteiger partial charge in [0.05, 0.1) is 6.54 Å². The Balaban J connectivity index is 2.48. The van der Waals surface area contributed by atoms with E-state index in [1.165, 1.54) is 0 Å². The van der Waals surface area contributed by atoms with Gasteiger partial charge in [-0.3, -0.25) is 4.99 Å². The molecule has 1 aromatic rings. The predicted octanol–water partition coefficient (Wildman–Crippen LogP) is 3.24. The van der Waals surface area contributed by atoms with E-state index >= 15 is 0 Å². The summed E-state index contributed by atoms with van der Waals surface area (Å²) in [5.74, 6) is 0. The van der Waals surface area contributed by atoms with Gasteiger partial charge >= 0.3 is 0 Å². The smallest absolute Gasteiger partial charge is 0.0573 e. The Morgan fingerprint density at radius 1 is 1.13 bits per heavy atom. The lowest BCUT2D eigenvalue weighted by Crippen LogP contribution is -1.91. The molecule has 0 radical (unpaired) electrons. The highest BCUT2D eigenvalue weighted by molar-refractivity contribution is 5.90. The Labute approximate surface area is 90.2 Å². The standard InChI is InChI=1S/C14H13N/c1-12-7-3-2-6-10-15-11-13-8-4-5-9-14(12)13/h2-9,11H,1,10H2/b6-2-,7-3-,15-11?. The molecule has 1 aromatic carbocycles. The van der Waals surface area contributed by atoms with Crippen molar-refractivity contribution in [3.8, 4) is 0 Å². The molecule has 15 heavy (non-hydrogen) atoms. The number of hydrogen-bond donors (Lipinski definition) is 0. The number of benzene rings is 1. The number of allylic oxidation sites excluding steroid dienone is 4. The number of aliphatic imine (C=N–C) groups is 1. The van der Waals surface area contributed by atoms with Crippen LogP contribution < -0.4 is 0 Å². The van der Waals surface area contributed by atoms with Gasteiger partial charge in [0, 0.05) is 11.8 Å². The van der Waals surface area contributed by atoms with Gasteiger partial charge in [0.1, 0.15) is 0 Å². The largest absolute Gasteiger partial charge is 0.288 e. The zero-order chi connectivity index (χ0) is 10.5. The molecule has 0 spiro atoms. The van der Waals surface area contributed by atoms with Gasteiger partial charge < -0.3 is 0 Å². The molecule has 1 heterocycles. The third-order valence-corrected chi connectivity index (χ3v) is 2.29. The molecule has 0 aliphatic carbocycles. The van der Waals surface area contributed by atoms with E-state index < -0.39 is 0 Å². The first-order valence-corrected chi connectivity index (χ1v) is 4.99. The van der Waals surface area contributed by atoms with Crippen molar-refractivity contribution in [1.82, 2.24) is 0 Å². The summed E-state index contributed by atoms with van der Waals surface area (Å²) >= 11 is 0. The van der Waals surface area contributed by atoms with E-state index in [0.717, 1.165) is 23.2 Å². The van der Waals surface area contributed by atoms with Gasteiger partial charge in [-0.2, -0.15) is 0 Å². The maximum absolute atomic E-state index is 4.32. The zero-order valence-corrected chi connectivity index (χ0v) is 8.56. The first-order chi connectivity index (χ1) is 7.38. The van der Waals surface area contributed by atoms with Crippen LogP contribution >= 0.6 is 0 Å². The molecule has 0 aromatic heterocycles. The van der Waals surface area contributed by atoms with Gasteiger partial charge in [-0.25, -0.2) is 0 Å². The van der Waals surface area contributed by atoms with E-state index in [0.29, 0.717) is 0 Å². The van der Waals surface area contributed by atoms with Gasteiger partial charge in [-0.15, -0.1) is 0 Å². The summed E-state index contributed by atoms with van der Waals surface area (Å²) < 4.78 is 0. The monoisotopic (exact) mass is 195 g/mol. The summed E-state index contributed by atoms with van der Waals surface area (Å²) in [4.78, 5) is 4.32. The lowest BCUT2D eigenvalue weighted by Gasteiger charge is -2.05. The van der Waals surface area contributed by atoms with Crippen LogP contribution in [-0.4, -0.2) is 12.8 Å². The fourth-order valence-corrected chi connectivity index (χ4v) is 1.51. The molecule has 0 bridgehead atoms. The lowest BCUT2D eigenvalue weighted by molar-refractivity contribution is 1.25. The van der Waals surface area contributed by atoms with Crippen LogP contribution in [0.4, 0.5) is 0 Å². The molecule has 1 aliphatic rings. The van der Waals surface area contributed by atoms with Crippen LogP contribution in [0.15, 0.2) is 60.1 Å². The average Bonchev–Trinajstić information content (AvgIpc) is 2.28. The minimum Gasteiger partial charge on any atom is -0.288 e. The number of hydrogen-bond acceptors (Lipinski definition) is 1. The Morgan fingerprint density at radius 2 is 2.00 bits per heavy atom. The Hall–Kier alpha value is -1.89. The molecule has 0 atom stereocenters. The van der Waals surface area contributed by atoms with E-state index in [1.807, 2.05) is 42.7 Å². The first kappa shape index (κ1) is 9.66. The van der Waals surface area contributed by atoms with E-state index in [4.69, 9.17) is 0 Å². The van der Waals surface area contributed by atoms with Crippen molar-refractivity contribution in [2.24, 2.45) is 4.99 Å². The highest BCUT2D eigenvalue weighted by Crippen LogP contribution is 2.17. The third kappa shape index (κ3) is 2.32. The fraction of sp³-hybridized carbons (Fsp3) is 0.0714. The van der Waals surface area contributed by atoms with E-state index in [1.54, 1.807) is 0 Å². The zero-order valence-electron chi connectivity index (χ0n) is 8.56. The van der Waals surface area contributed by atoms with Crippen LogP contribution in [0.25, 0.3) is 5.57 Å². The van der Waals surface area contributed by atoms with Crippen LogP contribution in [0.2, 0.25) is 0 Å². The molecular formula is C14H13N. The molecule has 1 aliphatic heterocycles. The highest BCUT2D eigenvalue weighted by Gasteiger charge is 2.00. The molecule has 1 heteroatoms. The van der Waals surface area contributed by atoms with Crippen LogP contribution in [0, 0.1) is 0 Å². The van der Waals surface area contributed by atoms with Crippen LogP contribution in [0.3, 0.4) is 0 Å². The molecule has 0 fully saturated rings. The molecule has 0 unspecified atom stereocenters. The van der Waals surface area contributed by atoms with E-state index in [9.17, 15) is 0 Å². The topological polar surface area (TPSA) is 12.4 Å². The summed E-state index contributed by atoms with van der Waals surface area (Å²) in [7, 11) is 0. The number of fused-ring (bicyclic) bond motifs is 1. The van der Waals surface area contributed by atoms with Gasteiger partial charge in [-0.05, 0) is 11.1 Å². The van der Waals surface area contributed by atoms with Crippen molar-refractivity contribution in [3.05, 3.63) is 66.3 Å². The van der Waals surface area contributed by atoms with Gasteiger partial charge in [0.15, 0.2) is 0 Å². The minimum absolute atomic E-state index is 0.727. The van der Waals surface area contributed by atoms with Crippen molar-refractivity contribution >= 4 is 11.8 Å². The van der Waals surface area contributed by atoms with E-state index in [-0.39, 0.29) is 0 Å². The SMILES string of the molecule is C=C1/C=C\C=C/CN=Cc2ccccc21. The molecule has 0 saturated carbocycles. The fourth-order valence-electron chi connectivity index (χ4n) is 1.51. The molecule has 74 valence electrons.